The minimum absolute atomic E-state index is 0.0142. The zero-order valence-electron chi connectivity index (χ0n) is 10.4. The average molecular weight is 305 g/mol. The highest BCUT2D eigenvalue weighted by molar-refractivity contribution is 7.90. The van der Waals surface area contributed by atoms with Gasteiger partial charge in [0.15, 0.2) is 11.6 Å². The summed E-state index contributed by atoms with van der Waals surface area (Å²) in [4.78, 5) is 0. The minimum Gasteiger partial charge on any atom is -0.490 e. The summed E-state index contributed by atoms with van der Waals surface area (Å²) < 4.78 is 40.5. The molecule has 0 bridgehead atoms. The molecule has 1 aromatic carbocycles. The van der Waals surface area contributed by atoms with Gasteiger partial charge in [0.05, 0.1) is 18.2 Å². The van der Waals surface area contributed by atoms with Crippen molar-refractivity contribution in [2.45, 2.75) is 6.42 Å². The molecule has 0 saturated heterocycles. The summed E-state index contributed by atoms with van der Waals surface area (Å²) in [6.07, 6.45) is 1.46. The highest BCUT2D eigenvalue weighted by atomic mass is 35.5. The third-order valence-corrected chi connectivity index (χ3v) is 3.31. The molecule has 0 radical (unpaired) electrons. The first-order valence-electron chi connectivity index (χ1n) is 5.57. The number of sulfone groups is 1. The van der Waals surface area contributed by atoms with Crippen LogP contribution in [0.25, 0.3) is 0 Å². The average Bonchev–Trinajstić information content (AvgIpc) is 2.33. The molecule has 104 valence electrons. The topological polar surface area (TPSA) is 43.4 Å². The van der Waals surface area contributed by atoms with E-state index in [9.17, 15) is 12.8 Å². The maximum absolute atomic E-state index is 13.4. The van der Waals surface area contributed by atoms with Crippen LogP contribution in [0.5, 0.6) is 5.75 Å². The molecule has 3 nitrogen and oxygen atoms in total. The second-order valence-electron chi connectivity index (χ2n) is 3.91. The fourth-order valence-corrected chi connectivity index (χ4v) is 2.04. The maximum Gasteiger partial charge on any atom is 0.165 e. The van der Waals surface area contributed by atoms with Crippen LogP contribution in [-0.4, -0.2) is 32.9 Å². The maximum atomic E-state index is 13.4. The van der Waals surface area contributed by atoms with Crippen LogP contribution < -0.4 is 4.74 Å². The van der Waals surface area contributed by atoms with Crippen molar-refractivity contribution < 1.29 is 17.5 Å². The van der Waals surface area contributed by atoms with Gasteiger partial charge >= 0.3 is 0 Å². The van der Waals surface area contributed by atoms with Crippen LogP contribution >= 0.6 is 11.6 Å². The summed E-state index contributed by atoms with van der Waals surface area (Å²) in [7, 11) is -3.02. The highest BCUT2D eigenvalue weighted by Gasteiger charge is 2.06. The van der Waals surface area contributed by atoms with Gasteiger partial charge in [-0.1, -0.05) is 11.8 Å². The molecule has 1 aromatic rings. The van der Waals surface area contributed by atoms with Gasteiger partial charge in [0.25, 0.3) is 0 Å². The third kappa shape index (κ3) is 6.46. The van der Waals surface area contributed by atoms with Gasteiger partial charge in [-0.15, -0.1) is 11.6 Å². The minimum atomic E-state index is -3.02. The zero-order chi connectivity index (χ0) is 14.3. The first-order chi connectivity index (χ1) is 8.92. The summed E-state index contributed by atoms with van der Waals surface area (Å²) in [5.74, 6) is 5.18. The summed E-state index contributed by atoms with van der Waals surface area (Å²) in [6, 6.07) is 4.25. The van der Waals surface area contributed by atoms with Crippen LogP contribution in [0.3, 0.4) is 0 Å². The van der Waals surface area contributed by atoms with E-state index < -0.39 is 15.7 Å². The Morgan fingerprint density at radius 3 is 2.79 bits per heavy atom. The lowest BCUT2D eigenvalue weighted by atomic mass is 10.2. The predicted octanol–water partition coefficient (Wildman–Crippen LogP) is 2.23. The lowest BCUT2D eigenvalue weighted by molar-refractivity contribution is 0.301. The van der Waals surface area contributed by atoms with Crippen molar-refractivity contribution in [1.29, 1.82) is 0 Å². The largest absolute Gasteiger partial charge is 0.490 e. The van der Waals surface area contributed by atoms with Gasteiger partial charge < -0.3 is 4.74 Å². The molecule has 0 saturated carbocycles. The third-order valence-electron chi connectivity index (χ3n) is 2.15. The SMILES string of the molecule is CS(=O)(=O)CCCOc1cc(C#CCCl)ccc1F. The van der Waals surface area contributed by atoms with Crippen LogP contribution in [0, 0.1) is 17.7 Å². The molecule has 0 aliphatic heterocycles. The molecule has 0 aliphatic carbocycles. The fourth-order valence-electron chi connectivity index (χ4n) is 1.33. The van der Waals surface area contributed by atoms with E-state index >= 15 is 0 Å². The molecule has 19 heavy (non-hydrogen) atoms. The lowest BCUT2D eigenvalue weighted by Crippen LogP contribution is -2.08. The second kappa shape index (κ2) is 7.37. The molecular formula is C13H14ClFO3S. The second-order valence-corrected chi connectivity index (χ2v) is 6.44. The Balaban J connectivity index is 2.62. The Morgan fingerprint density at radius 1 is 1.42 bits per heavy atom. The van der Waals surface area contributed by atoms with E-state index in [4.69, 9.17) is 16.3 Å². The molecule has 0 fully saturated rings. The molecular weight excluding hydrogens is 291 g/mol. The molecule has 0 heterocycles. The molecule has 0 aliphatic rings. The number of hydrogen-bond donors (Lipinski definition) is 0. The summed E-state index contributed by atoms with van der Waals surface area (Å²) in [6.45, 7) is 0.135. The number of ether oxygens (including phenoxy) is 1. The van der Waals surface area contributed by atoms with E-state index in [2.05, 4.69) is 11.8 Å². The van der Waals surface area contributed by atoms with Gasteiger partial charge in [-0.25, -0.2) is 12.8 Å². The number of rotatable bonds is 5. The van der Waals surface area contributed by atoms with E-state index in [1.807, 2.05) is 0 Å². The fraction of sp³-hybridized carbons (Fsp3) is 0.385. The van der Waals surface area contributed by atoms with Gasteiger partial charge in [0.2, 0.25) is 0 Å². The summed E-state index contributed by atoms with van der Waals surface area (Å²) in [5, 5.41) is 0. The number of halogens is 2. The number of alkyl halides is 1. The first-order valence-corrected chi connectivity index (χ1v) is 8.17. The van der Waals surface area contributed by atoms with Gasteiger partial charge in [-0.2, -0.15) is 0 Å². The molecule has 0 N–H and O–H groups in total. The molecule has 6 heteroatoms. The van der Waals surface area contributed by atoms with Gasteiger partial charge in [-0.3, -0.25) is 0 Å². The summed E-state index contributed by atoms with van der Waals surface area (Å²) >= 11 is 5.43. The van der Waals surface area contributed by atoms with Crippen LogP contribution in [0.2, 0.25) is 0 Å². The van der Waals surface area contributed by atoms with Gasteiger partial charge in [-0.05, 0) is 24.6 Å². The van der Waals surface area contributed by atoms with Gasteiger partial charge in [0, 0.05) is 11.8 Å². The Bertz CT molecular complexity index is 588. The molecule has 0 unspecified atom stereocenters. The Labute approximate surface area is 117 Å². The monoisotopic (exact) mass is 304 g/mol. The van der Waals surface area contributed by atoms with Crippen molar-refractivity contribution in [2.75, 3.05) is 24.5 Å². The lowest BCUT2D eigenvalue weighted by Gasteiger charge is -2.07. The molecule has 0 amide bonds. The zero-order valence-corrected chi connectivity index (χ0v) is 12.0. The standard InChI is InChI=1S/C13H14ClFO3S/c1-19(16,17)9-3-8-18-13-10-11(4-2-7-14)5-6-12(13)15/h5-6,10H,3,7-9H2,1H3. The smallest absolute Gasteiger partial charge is 0.165 e. The molecule has 0 spiro atoms. The van der Waals surface area contributed by atoms with Crippen molar-refractivity contribution >= 4 is 21.4 Å². The Hall–Kier alpha value is -1.25. The molecule has 0 aromatic heterocycles. The highest BCUT2D eigenvalue weighted by Crippen LogP contribution is 2.18. The number of benzene rings is 1. The number of hydrogen-bond acceptors (Lipinski definition) is 3. The normalized spacial score (nSPS) is 10.7. The van der Waals surface area contributed by atoms with Crippen molar-refractivity contribution in [1.82, 2.24) is 0 Å². The van der Waals surface area contributed by atoms with E-state index in [1.165, 1.54) is 18.2 Å². The van der Waals surface area contributed by atoms with E-state index in [0.29, 0.717) is 12.0 Å². The van der Waals surface area contributed by atoms with Crippen molar-refractivity contribution in [2.24, 2.45) is 0 Å². The van der Waals surface area contributed by atoms with Crippen molar-refractivity contribution in [3.63, 3.8) is 0 Å². The molecule has 0 atom stereocenters. The van der Waals surface area contributed by atoms with E-state index in [1.54, 1.807) is 0 Å². The van der Waals surface area contributed by atoms with Gasteiger partial charge in [0.1, 0.15) is 9.84 Å². The van der Waals surface area contributed by atoms with Crippen LogP contribution in [0.1, 0.15) is 12.0 Å². The van der Waals surface area contributed by atoms with Crippen molar-refractivity contribution in [3.05, 3.63) is 29.6 Å². The van der Waals surface area contributed by atoms with Crippen LogP contribution in [-0.2, 0) is 9.84 Å². The van der Waals surface area contributed by atoms with E-state index in [-0.39, 0.29) is 24.0 Å². The predicted molar refractivity (Wildman–Crippen MR) is 73.8 cm³/mol. The first kappa shape index (κ1) is 15.8. The Morgan fingerprint density at radius 2 is 2.16 bits per heavy atom. The van der Waals surface area contributed by atoms with E-state index in [0.717, 1.165) is 6.26 Å². The summed E-state index contributed by atoms with van der Waals surface area (Å²) in [5.41, 5.74) is 0.597. The van der Waals surface area contributed by atoms with Crippen molar-refractivity contribution in [3.8, 4) is 17.6 Å². The van der Waals surface area contributed by atoms with Crippen LogP contribution in [0.4, 0.5) is 4.39 Å². The van der Waals surface area contributed by atoms with Crippen LogP contribution in [0.15, 0.2) is 18.2 Å². The Kier molecular flexibility index (Phi) is 6.13. The quantitative estimate of drug-likeness (QED) is 0.476. The molecule has 1 rings (SSSR count).